The summed E-state index contributed by atoms with van der Waals surface area (Å²) in [6.45, 7) is 0. The molecule has 3 aromatic heterocycles. The lowest BCUT2D eigenvalue weighted by atomic mass is 10.1. The highest BCUT2D eigenvalue weighted by Crippen LogP contribution is 2.50. The molecular formula is C40H24N4S. The summed E-state index contributed by atoms with van der Waals surface area (Å²) in [6, 6.07) is 51.6. The molecule has 1 aliphatic rings. The van der Waals surface area contributed by atoms with E-state index in [0.29, 0.717) is 5.95 Å². The maximum atomic E-state index is 5.24. The van der Waals surface area contributed by atoms with Gasteiger partial charge in [-0.1, -0.05) is 103 Å². The maximum Gasteiger partial charge on any atom is 0.235 e. The standard InChI is InChI=1S/C40H24N4S/c1-3-12-25(13-4-1)31-23-32(26-14-5-2-6-15-26)42-40(41-31)44-34-19-9-8-18-33(34)43-36-24-38-30(27-16-7-10-21-37(27)45-38)22-29(36)28-17-11-20-35(44)39(28)43/h1-24H. The van der Waals surface area contributed by atoms with Crippen molar-refractivity contribution in [3.8, 4) is 28.2 Å². The van der Waals surface area contributed by atoms with E-state index in [4.69, 9.17) is 9.97 Å². The van der Waals surface area contributed by atoms with Crippen molar-refractivity contribution in [2.75, 3.05) is 4.90 Å². The second-order valence-electron chi connectivity index (χ2n) is 11.5. The van der Waals surface area contributed by atoms with Crippen LogP contribution in [0.1, 0.15) is 0 Å². The topological polar surface area (TPSA) is 34.0 Å². The third-order valence-electron chi connectivity index (χ3n) is 8.92. The van der Waals surface area contributed by atoms with Crippen LogP contribution in [0.2, 0.25) is 0 Å². The van der Waals surface area contributed by atoms with Crippen molar-refractivity contribution in [1.82, 2.24) is 14.5 Å². The van der Waals surface area contributed by atoms with E-state index in [0.717, 1.165) is 39.6 Å². The molecule has 210 valence electrons. The van der Waals surface area contributed by atoms with E-state index in [9.17, 15) is 0 Å². The quantitative estimate of drug-likeness (QED) is 0.205. The van der Waals surface area contributed by atoms with Crippen molar-refractivity contribution in [2.45, 2.75) is 0 Å². The average molecular weight is 593 g/mol. The van der Waals surface area contributed by atoms with Gasteiger partial charge in [-0.15, -0.1) is 11.3 Å². The summed E-state index contributed by atoms with van der Waals surface area (Å²) in [5.41, 5.74) is 9.52. The van der Waals surface area contributed by atoms with Crippen molar-refractivity contribution >= 4 is 70.6 Å². The molecule has 4 heterocycles. The third-order valence-corrected chi connectivity index (χ3v) is 10.1. The van der Waals surface area contributed by atoms with Crippen molar-refractivity contribution in [3.05, 3.63) is 146 Å². The monoisotopic (exact) mass is 592 g/mol. The van der Waals surface area contributed by atoms with Crippen molar-refractivity contribution in [1.29, 1.82) is 0 Å². The molecule has 5 heteroatoms. The Kier molecular flexibility index (Phi) is 5.12. The van der Waals surface area contributed by atoms with Crippen LogP contribution in [0.15, 0.2) is 146 Å². The van der Waals surface area contributed by atoms with E-state index in [-0.39, 0.29) is 0 Å². The number of rotatable bonds is 3. The lowest BCUT2D eigenvalue weighted by Crippen LogP contribution is -2.20. The molecule has 0 unspecified atom stereocenters. The highest BCUT2D eigenvalue weighted by atomic mass is 32.1. The molecule has 0 saturated heterocycles. The Hall–Kier alpha value is -5.78. The third kappa shape index (κ3) is 3.59. The molecule has 0 fully saturated rings. The minimum atomic E-state index is 0.652. The van der Waals surface area contributed by atoms with Gasteiger partial charge in [0.25, 0.3) is 0 Å². The average Bonchev–Trinajstić information content (AvgIpc) is 3.64. The van der Waals surface area contributed by atoms with Gasteiger partial charge in [-0.2, -0.15) is 0 Å². The van der Waals surface area contributed by atoms with E-state index in [2.05, 4.69) is 143 Å². The van der Waals surface area contributed by atoms with Crippen molar-refractivity contribution < 1.29 is 0 Å². The highest BCUT2D eigenvalue weighted by molar-refractivity contribution is 7.25. The van der Waals surface area contributed by atoms with Gasteiger partial charge in [-0.3, -0.25) is 4.90 Å². The molecule has 1 aliphatic heterocycles. The van der Waals surface area contributed by atoms with Gasteiger partial charge in [0.1, 0.15) is 0 Å². The Bertz CT molecular complexity index is 2540. The van der Waals surface area contributed by atoms with Gasteiger partial charge in [-0.05, 0) is 42.5 Å². The van der Waals surface area contributed by atoms with Crippen molar-refractivity contribution in [3.63, 3.8) is 0 Å². The summed E-state index contributed by atoms with van der Waals surface area (Å²) < 4.78 is 5.06. The SMILES string of the molecule is c1ccc(-c2cc(-c3ccccc3)nc(N3c4ccccc4-n4c5cc6sc7ccccc7c6cc5c5cccc3c54)n2)cc1. The van der Waals surface area contributed by atoms with Gasteiger partial charge in [-0.25, -0.2) is 9.97 Å². The van der Waals surface area contributed by atoms with E-state index in [1.807, 2.05) is 23.5 Å². The predicted molar refractivity (Wildman–Crippen MR) is 188 cm³/mol. The maximum absolute atomic E-state index is 5.24. The molecule has 10 rings (SSSR count). The lowest BCUT2D eigenvalue weighted by Gasteiger charge is -2.31. The first-order chi connectivity index (χ1) is 22.3. The Balaban J connectivity index is 1.29. The highest BCUT2D eigenvalue weighted by Gasteiger charge is 2.30. The van der Waals surface area contributed by atoms with Crippen LogP contribution in [-0.4, -0.2) is 14.5 Å². The number of nitrogens with zero attached hydrogens (tertiary/aromatic N) is 4. The van der Waals surface area contributed by atoms with Crippen molar-refractivity contribution in [2.24, 2.45) is 0 Å². The summed E-state index contributed by atoms with van der Waals surface area (Å²) in [6.07, 6.45) is 0. The molecule has 0 radical (unpaired) electrons. The summed E-state index contributed by atoms with van der Waals surface area (Å²) in [7, 11) is 0. The number of aromatic nitrogens is 3. The molecule has 0 bridgehead atoms. The zero-order valence-corrected chi connectivity index (χ0v) is 24.9. The molecule has 0 saturated carbocycles. The van der Waals surface area contributed by atoms with Crippen LogP contribution < -0.4 is 4.90 Å². The molecule has 0 aliphatic carbocycles. The van der Waals surface area contributed by atoms with Crippen LogP contribution >= 0.6 is 11.3 Å². The number of anilines is 3. The van der Waals surface area contributed by atoms with Gasteiger partial charge in [0.05, 0.1) is 39.5 Å². The number of hydrogen-bond acceptors (Lipinski definition) is 4. The first-order valence-corrected chi connectivity index (χ1v) is 15.9. The Morgan fingerprint density at radius 2 is 1.07 bits per heavy atom. The summed E-state index contributed by atoms with van der Waals surface area (Å²) in [4.78, 5) is 12.7. The smallest absolute Gasteiger partial charge is 0.235 e. The minimum Gasteiger partial charge on any atom is -0.305 e. The van der Waals surface area contributed by atoms with Crippen LogP contribution in [0.25, 0.3) is 70.2 Å². The molecular weight excluding hydrogens is 569 g/mol. The molecule has 0 atom stereocenters. The normalized spacial score (nSPS) is 12.4. The predicted octanol–water partition coefficient (Wildman–Crippen LogP) is 11.1. The fourth-order valence-corrected chi connectivity index (χ4v) is 8.05. The van der Waals surface area contributed by atoms with Crippen LogP contribution in [0.5, 0.6) is 0 Å². The minimum absolute atomic E-state index is 0.652. The zero-order valence-electron chi connectivity index (χ0n) is 24.1. The molecule has 0 N–H and O–H groups in total. The van der Waals surface area contributed by atoms with Gasteiger partial charge in [0.15, 0.2) is 0 Å². The largest absolute Gasteiger partial charge is 0.305 e. The summed E-state index contributed by atoms with van der Waals surface area (Å²) in [5.74, 6) is 0.652. The van der Waals surface area contributed by atoms with Crippen LogP contribution in [0.4, 0.5) is 17.3 Å². The van der Waals surface area contributed by atoms with Gasteiger partial charge in [0, 0.05) is 42.1 Å². The Labute approximate surface area is 263 Å². The van der Waals surface area contributed by atoms with Gasteiger partial charge >= 0.3 is 0 Å². The first kappa shape index (κ1) is 24.6. The Morgan fingerprint density at radius 3 is 1.82 bits per heavy atom. The summed E-state index contributed by atoms with van der Waals surface area (Å²) in [5, 5.41) is 5.10. The van der Waals surface area contributed by atoms with E-state index in [1.165, 1.54) is 42.0 Å². The van der Waals surface area contributed by atoms with Crippen LogP contribution in [0.3, 0.4) is 0 Å². The number of benzene rings is 6. The Morgan fingerprint density at radius 1 is 0.444 bits per heavy atom. The number of para-hydroxylation sites is 3. The molecule has 6 aromatic carbocycles. The molecule has 4 nitrogen and oxygen atoms in total. The summed E-state index contributed by atoms with van der Waals surface area (Å²) >= 11 is 1.86. The first-order valence-electron chi connectivity index (χ1n) is 15.1. The number of hydrogen-bond donors (Lipinski definition) is 0. The van der Waals surface area contributed by atoms with Gasteiger partial charge in [0.2, 0.25) is 5.95 Å². The fraction of sp³-hybridized carbons (Fsp3) is 0. The second-order valence-corrected chi connectivity index (χ2v) is 12.6. The van der Waals surface area contributed by atoms with E-state index >= 15 is 0 Å². The van der Waals surface area contributed by atoms with Crippen LogP contribution in [0, 0.1) is 0 Å². The fourth-order valence-electron chi connectivity index (χ4n) is 6.93. The molecule has 0 amide bonds. The molecule has 0 spiro atoms. The second kappa shape index (κ2) is 9.36. The zero-order chi connectivity index (χ0) is 29.5. The van der Waals surface area contributed by atoms with Crippen LogP contribution in [-0.2, 0) is 0 Å². The molecule has 9 aromatic rings. The number of fused-ring (bicyclic) bond motifs is 8. The molecule has 45 heavy (non-hydrogen) atoms. The number of thiophene rings is 1. The van der Waals surface area contributed by atoms with Gasteiger partial charge < -0.3 is 4.57 Å². The van der Waals surface area contributed by atoms with E-state index < -0.39 is 0 Å². The van der Waals surface area contributed by atoms with E-state index in [1.54, 1.807) is 0 Å². The lowest BCUT2D eigenvalue weighted by molar-refractivity contribution is 1.05.